The fourth-order valence-corrected chi connectivity index (χ4v) is 2.99. The van der Waals surface area contributed by atoms with Crippen LogP contribution in [0.1, 0.15) is 38.1 Å². The Bertz CT molecular complexity index is 432. The van der Waals surface area contributed by atoms with Crippen LogP contribution in [0.4, 0.5) is 0 Å². The van der Waals surface area contributed by atoms with Crippen molar-refractivity contribution in [1.82, 2.24) is 0 Å². The molecule has 0 aliphatic carbocycles. The zero-order valence-corrected chi connectivity index (χ0v) is 12.1. The Hall–Kier alpha value is -0.670. The van der Waals surface area contributed by atoms with Gasteiger partial charge < -0.3 is 0 Å². The lowest BCUT2D eigenvalue weighted by molar-refractivity contribution is 0.0992. The fourth-order valence-electron chi connectivity index (χ4n) is 1.48. The van der Waals surface area contributed by atoms with Gasteiger partial charge in [-0.3, -0.25) is 9.00 Å². The SMILES string of the molecule is CC(C(=O)c1ccc(Cl)cc1)S(=O)C(C)(C)C. The van der Waals surface area contributed by atoms with Crippen LogP contribution in [-0.2, 0) is 10.8 Å². The van der Waals surface area contributed by atoms with E-state index in [4.69, 9.17) is 11.6 Å². The summed E-state index contributed by atoms with van der Waals surface area (Å²) in [6.45, 7) is 7.32. The topological polar surface area (TPSA) is 34.1 Å². The summed E-state index contributed by atoms with van der Waals surface area (Å²) in [5.41, 5.74) is 0.555. The van der Waals surface area contributed by atoms with Crippen LogP contribution in [0, 0.1) is 0 Å². The summed E-state index contributed by atoms with van der Waals surface area (Å²) in [5, 5.41) is 0.0855. The van der Waals surface area contributed by atoms with Crippen molar-refractivity contribution < 1.29 is 9.00 Å². The smallest absolute Gasteiger partial charge is 0.178 e. The van der Waals surface area contributed by atoms with Gasteiger partial charge in [-0.15, -0.1) is 0 Å². The molecule has 1 rings (SSSR count). The molecular formula is C13H17ClO2S. The van der Waals surface area contributed by atoms with Gasteiger partial charge in [0.25, 0.3) is 0 Å². The molecule has 0 bridgehead atoms. The van der Waals surface area contributed by atoms with Gasteiger partial charge in [-0.2, -0.15) is 0 Å². The zero-order valence-electron chi connectivity index (χ0n) is 10.5. The van der Waals surface area contributed by atoms with E-state index in [-0.39, 0.29) is 10.5 Å². The second kappa shape index (κ2) is 5.32. The number of carbonyl (C=O) groups excluding carboxylic acids is 1. The summed E-state index contributed by atoms with van der Waals surface area (Å²) in [6.07, 6.45) is 0. The molecule has 4 heteroatoms. The van der Waals surface area contributed by atoms with Crippen LogP contribution in [0.25, 0.3) is 0 Å². The molecule has 1 aromatic carbocycles. The molecule has 0 spiro atoms. The summed E-state index contributed by atoms with van der Waals surface area (Å²) >= 11 is 5.76. The Morgan fingerprint density at radius 1 is 1.24 bits per heavy atom. The highest BCUT2D eigenvalue weighted by molar-refractivity contribution is 7.87. The fraction of sp³-hybridized carbons (Fsp3) is 0.462. The van der Waals surface area contributed by atoms with E-state index in [1.165, 1.54) is 0 Å². The molecule has 2 atom stereocenters. The molecule has 94 valence electrons. The van der Waals surface area contributed by atoms with Gasteiger partial charge in [-0.25, -0.2) is 0 Å². The number of benzene rings is 1. The highest BCUT2D eigenvalue weighted by atomic mass is 35.5. The van der Waals surface area contributed by atoms with Crippen LogP contribution in [0.5, 0.6) is 0 Å². The van der Waals surface area contributed by atoms with Crippen molar-refractivity contribution in [2.75, 3.05) is 0 Å². The number of rotatable bonds is 3. The molecular weight excluding hydrogens is 256 g/mol. The maximum atomic E-state index is 12.1. The second-order valence-electron chi connectivity index (χ2n) is 4.92. The van der Waals surface area contributed by atoms with Crippen LogP contribution < -0.4 is 0 Å². The molecule has 0 radical (unpaired) electrons. The number of halogens is 1. The molecule has 0 aliphatic heterocycles. The van der Waals surface area contributed by atoms with Crippen LogP contribution in [-0.4, -0.2) is 20.0 Å². The van der Waals surface area contributed by atoms with E-state index >= 15 is 0 Å². The van der Waals surface area contributed by atoms with Crippen molar-refractivity contribution in [2.24, 2.45) is 0 Å². The molecule has 17 heavy (non-hydrogen) atoms. The largest absolute Gasteiger partial charge is 0.293 e. The van der Waals surface area contributed by atoms with Crippen molar-refractivity contribution >= 4 is 28.2 Å². The van der Waals surface area contributed by atoms with Gasteiger partial charge in [0.15, 0.2) is 5.78 Å². The lowest BCUT2D eigenvalue weighted by atomic mass is 10.1. The van der Waals surface area contributed by atoms with E-state index in [0.717, 1.165) is 0 Å². The first-order chi connectivity index (χ1) is 7.73. The van der Waals surface area contributed by atoms with Crippen molar-refractivity contribution in [3.8, 4) is 0 Å². The van der Waals surface area contributed by atoms with Crippen molar-refractivity contribution in [3.05, 3.63) is 34.9 Å². The summed E-state index contributed by atoms with van der Waals surface area (Å²) in [5.74, 6) is -0.102. The van der Waals surface area contributed by atoms with E-state index in [2.05, 4.69) is 0 Å². The van der Waals surface area contributed by atoms with E-state index < -0.39 is 16.0 Å². The van der Waals surface area contributed by atoms with E-state index in [1.54, 1.807) is 31.2 Å². The Morgan fingerprint density at radius 3 is 2.12 bits per heavy atom. The lowest BCUT2D eigenvalue weighted by Crippen LogP contribution is -2.34. The molecule has 0 heterocycles. The van der Waals surface area contributed by atoms with Crippen molar-refractivity contribution in [1.29, 1.82) is 0 Å². The molecule has 0 aliphatic rings. The average molecular weight is 273 g/mol. The number of Topliss-reactive ketones (excluding diaryl/α,β-unsaturated/α-hetero) is 1. The normalized spacial score (nSPS) is 15.4. The van der Waals surface area contributed by atoms with Crippen LogP contribution >= 0.6 is 11.6 Å². The second-order valence-corrected chi connectivity index (χ2v) is 7.89. The first-order valence-electron chi connectivity index (χ1n) is 5.44. The van der Waals surface area contributed by atoms with Gasteiger partial charge in [0, 0.05) is 26.1 Å². The molecule has 0 aromatic heterocycles. The molecule has 2 nitrogen and oxygen atoms in total. The molecule has 0 amide bonds. The average Bonchev–Trinajstić information content (AvgIpc) is 2.26. The number of ketones is 1. The monoisotopic (exact) mass is 272 g/mol. The predicted octanol–water partition coefficient (Wildman–Crippen LogP) is 3.46. The Kier molecular flexibility index (Phi) is 4.50. The number of carbonyl (C=O) groups is 1. The maximum absolute atomic E-state index is 12.1. The highest BCUT2D eigenvalue weighted by Crippen LogP contribution is 2.19. The third kappa shape index (κ3) is 3.65. The molecule has 2 unspecified atom stereocenters. The van der Waals surface area contributed by atoms with Gasteiger partial charge in [0.05, 0.1) is 5.25 Å². The molecule has 0 fully saturated rings. The third-order valence-corrected chi connectivity index (χ3v) is 4.74. The summed E-state index contributed by atoms with van der Waals surface area (Å²) < 4.78 is 11.7. The highest BCUT2D eigenvalue weighted by Gasteiger charge is 2.30. The van der Waals surface area contributed by atoms with Crippen molar-refractivity contribution in [3.63, 3.8) is 0 Å². The standard InChI is InChI=1S/C13H17ClO2S/c1-9(17(16)13(2,3)4)12(15)10-5-7-11(14)8-6-10/h5-9H,1-4H3. The summed E-state index contributed by atoms with van der Waals surface area (Å²) in [6, 6.07) is 6.67. The van der Waals surface area contributed by atoms with Gasteiger partial charge in [0.2, 0.25) is 0 Å². The van der Waals surface area contributed by atoms with Gasteiger partial charge in [-0.1, -0.05) is 11.6 Å². The number of hydrogen-bond donors (Lipinski definition) is 0. The summed E-state index contributed by atoms with van der Waals surface area (Å²) in [7, 11) is -1.20. The predicted molar refractivity (Wildman–Crippen MR) is 73.1 cm³/mol. The molecule has 0 N–H and O–H groups in total. The van der Waals surface area contributed by atoms with Crippen molar-refractivity contribution in [2.45, 2.75) is 37.7 Å². The van der Waals surface area contributed by atoms with E-state index in [9.17, 15) is 9.00 Å². The minimum Gasteiger partial charge on any atom is -0.293 e. The molecule has 0 saturated carbocycles. The Labute approximate surface area is 110 Å². The molecule has 1 aromatic rings. The first kappa shape index (κ1) is 14.4. The van der Waals surface area contributed by atoms with E-state index in [1.807, 2.05) is 20.8 Å². The minimum atomic E-state index is -1.20. The maximum Gasteiger partial charge on any atom is 0.178 e. The van der Waals surface area contributed by atoms with Crippen LogP contribution in [0.15, 0.2) is 24.3 Å². The van der Waals surface area contributed by atoms with Gasteiger partial charge in [-0.05, 0) is 52.0 Å². The Morgan fingerprint density at radius 2 is 1.71 bits per heavy atom. The van der Waals surface area contributed by atoms with Gasteiger partial charge >= 0.3 is 0 Å². The minimum absolute atomic E-state index is 0.102. The summed E-state index contributed by atoms with van der Waals surface area (Å²) in [4.78, 5) is 12.1. The third-order valence-electron chi connectivity index (χ3n) is 2.42. The quantitative estimate of drug-likeness (QED) is 0.790. The Balaban J connectivity index is 2.91. The zero-order chi connectivity index (χ0) is 13.2. The van der Waals surface area contributed by atoms with Crippen LogP contribution in [0.3, 0.4) is 0 Å². The first-order valence-corrected chi connectivity index (χ1v) is 7.03. The molecule has 0 saturated heterocycles. The number of hydrogen-bond acceptors (Lipinski definition) is 2. The van der Waals surface area contributed by atoms with Gasteiger partial charge in [0.1, 0.15) is 0 Å². The lowest BCUT2D eigenvalue weighted by Gasteiger charge is -2.22. The van der Waals surface area contributed by atoms with Crippen LogP contribution in [0.2, 0.25) is 5.02 Å². The van der Waals surface area contributed by atoms with E-state index in [0.29, 0.717) is 10.6 Å².